The van der Waals surface area contributed by atoms with Gasteiger partial charge in [0.1, 0.15) is 29.0 Å². The first-order valence-electron chi connectivity index (χ1n) is 12.3. The van der Waals surface area contributed by atoms with E-state index in [-0.39, 0.29) is 22.5 Å². The van der Waals surface area contributed by atoms with E-state index >= 15 is 0 Å². The second-order valence-corrected chi connectivity index (χ2v) is 11.9. The Morgan fingerprint density at radius 2 is 1.78 bits per heavy atom. The van der Waals surface area contributed by atoms with E-state index in [0.29, 0.717) is 11.8 Å². The molecule has 2 saturated heterocycles. The van der Waals surface area contributed by atoms with Gasteiger partial charge in [0.25, 0.3) is 11.8 Å². The highest BCUT2D eigenvalue weighted by Crippen LogP contribution is 2.56. The van der Waals surface area contributed by atoms with E-state index in [1.165, 1.54) is 30.3 Å². The third kappa shape index (κ3) is 4.55. The fourth-order valence-corrected chi connectivity index (χ4v) is 6.99. The lowest BCUT2D eigenvalue weighted by Crippen LogP contribution is -2.82. The first-order valence-corrected chi connectivity index (χ1v) is 13.1. The van der Waals surface area contributed by atoms with Gasteiger partial charge >= 0.3 is 11.6 Å². The number of aliphatic carboxylic acids is 1. The maximum absolute atomic E-state index is 13.7. The number of carboxylic acid groups (broad SMARTS) is 1. The van der Waals surface area contributed by atoms with E-state index in [1.54, 1.807) is 38.1 Å². The Labute approximate surface area is 235 Å². The summed E-state index contributed by atoms with van der Waals surface area (Å²) >= 11 is 0.996. The van der Waals surface area contributed by atoms with Gasteiger partial charge in [0, 0.05) is 10.1 Å². The number of amides is 4. The van der Waals surface area contributed by atoms with Crippen molar-refractivity contribution in [2.75, 3.05) is 0 Å². The predicted molar refractivity (Wildman–Crippen MR) is 145 cm³/mol. The van der Waals surface area contributed by atoms with E-state index in [9.17, 15) is 39.0 Å². The van der Waals surface area contributed by atoms with Crippen molar-refractivity contribution in [1.82, 2.24) is 20.9 Å². The van der Waals surface area contributed by atoms with Gasteiger partial charge in [0.2, 0.25) is 12.3 Å². The molecule has 14 heteroatoms. The number of β-lactam (4-membered cyclic amide) rings is 1. The molecule has 0 spiro atoms. The number of hydrogen-bond donors (Lipinski definition) is 5. The number of rotatable bonds is 8. The van der Waals surface area contributed by atoms with Crippen molar-refractivity contribution >= 4 is 52.8 Å². The molecular formula is C27H24N4O9S. The average molecular weight is 581 g/mol. The molecule has 13 nitrogen and oxygen atoms in total. The van der Waals surface area contributed by atoms with Crippen LogP contribution >= 0.6 is 11.8 Å². The Hall–Kier alpha value is -4.85. The third-order valence-electron chi connectivity index (χ3n) is 7.01. The van der Waals surface area contributed by atoms with E-state index in [2.05, 4.69) is 16.0 Å². The summed E-state index contributed by atoms with van der Waals surface area (Å²) in [6.45, 7) is 3.20. The van der Waals surface area contributed by atoms with E-state index < -0.39 is 57.2 Å². The number of phenolic OH excluding ortho intramolecular Hbond substituents is 1. The maximum atomic E-state index is 13.7. The van der Waals surface area contributed by atoms with Crippen LogP contribution in [0.5, 0.6) is 5.75 Å². The summed E-state index contributed by atoms with van der Waals surface area (Å²) in [4.78, 5) is 75.6. The molecule has 2 aliphatic heterocycles. The summed E-state index contributed by atoms with van der Waals surface area (Å²) in [5, 5.41) is 27.5. The second kappa shape index (κ2) is 9.96. The average Bonchev–Trinajstić information content (AvgIpc) is 3.14. The number of fused-ring (bicyclic) bond motifs is 2. The van der Waals surface area contributed by atoms with E-state index in [0.717, 1.165) is 16.7 Å². The number of carbonyl (C=O) groups is 5. The van der Waals surface area contributed by atoms with Crippen LogP contribution in [0.15, 0.2) is 63.8 Å². The molecule has 2 aliphatic rings. The zero-order valence-electron chi connectivity index (χ0n) is 21.6. The van der Waals surface area contributed by atoms with Crippen molar-refractivity contribution in [3.8, 4) is 5.75 Å². The summed E-state index contributed by atoms with van der Waals surface area (Å²) in [6, 6.07) is 9.02. The van der Waals surface area contributed by atoms with Gasteiger partial charge in [-0.3, -0.25) is 24.1 Å². The molecular weight excluding hydrogens is 556 g/mol. The number of para-hydroxylation sites is 1. The summed E-state index contributed by atoms with van der Waals surface area (Å²) in [7, 11) is 0. The molecule has 41 heavy (non-hydrogen) atoms. The van der Waals surface area contributed by atoms with Crippen LogP contribution in [-0.4, -0.2) is 67.0 Å². The highest BCUT2D eigenvalue weighted by Gasteiger charge is 2.74. The van der Waals surface area contributed by atoms with Crippen LogP contribution in [0, 0.1) is 0 Å². The number of nitrogens with one attached hydrogen (secondary N) is 3. The highest BCUT2D eigenvalue weighted by atomic mass is 32.2. The smallest absolute Gasteiger partial charge is 0.349 e. The van der Waals surface area contributed by atoms with Gasteiger partial charge in [0.15, 0.2) is 11.0 Å². The van der Waals surface area contributed by atoms with Crippen LogP contribution in [0.3, 0.4) is 0 Å². The fourth-order valence-electron chi connectivity index (χ4n) is 5.19. The van der Waals surface area contributed by atoms with Crippen molar-refractivity contribution in [2.45, 2.75) is 41.7 Å². The van der Waals surface area contributed by atoms with Gasteiger partial charge in [-0.05, 0) is 43.7 Å². The molecule has 2 unspecified atom stereocenters. The molecule has 1 aromatic heterocycles. The number of phenols is 1. The molecule has 2 fully saturated rings. The van der Waals surface area contributed by atoms with Crippen LogP contribution in [-0.2, 0) is 19.2 Å². The largest absolute Gasteiger partial charge is 0.508 e. The molecule has 5 N–H and O–H groups in total. The van der Waals surface area contributed by atoms with Crippen LogP contribution in [0.25, 0.3) is 11.0 Å². The lowest BCUT2D eigenvalue weighted by molar-refractivity contribution is -0.171. The second-order valence-electron chi connectivity index (χ2n) is 10.0. The molecule has 4 atom stereocenters. The lowest BCUT2D eigenvalue weighted by Gasteiger charge is -2.52. The molecule has 0 aliphatic carbocycles. The topological polar surface area (TPSA) is 195 Å². The number of aromatic hydroxyl groups is 1. The Kier molecular flexibility index (Phi) is 6.73. The minimum Gasteiger partial charge on any atom is -0.508 e. The number of nitrogens with zero attached hydrogens (tertiary/aromatic N) is 1. The first-order chi connectivity index (χ1) is 19.4. The number of benzene rings is 2. The summed E-state index contributed by atoms with van der Waals surface area (Å²) in [5.74, 6) is -3.97. The molecule has 3 heterocycles. The minimum atomic E-state index is -1.59. The van der Waals surface area contributed by atoms with Crippen molar-refractivity contribution < 1.29 is 38.6 Å². The molecule has 0 saturated carbocycles. The number of carboxylic acids is 1. The quantitative estimate of drug-likeness (QED) is 0.144. The molecule has 0 bridgehead atoms. The van der Waals surface area contributed by atoms with Gasteiger partial charge in [-0.15, -0.1) is 11.8 Å². The molecule has 5 rings (SSSR count). The van der Waals surface area contributed by atoms with Crippen molar-refractivity contribution in [1.29, 1.82) is 0 Å². The molecule has 4 amide bonds. The minimum absolute atomic E-state index is 0.113. The molecule has 212 valence electrons. The van der Waals surface area contributed by atoms with Gasteiger partial charge < -0.3 is 30.6 Å². The standard InChI is InChI=1S/C27H24N4O9S/c1-26(2)20(24(37)38)31-23(36)19(27(31,41-26)28-12-32)30-22(35)18(13-7-9-15(33)10-8-13)29-21(34)16-11-14-5-3-4-6-17(14)40-25(16)39/h3-12,18-20,33H,1-2H3,(H,28,32)(H,29,34)(H,30,35)(H,37,38)/t18?,19-,20+,27?/m1/s1. The van der Waals surface area contributed by atoms with Crippen LogP contribution in [0.4, 0.5) is 0 Å². The van der Waals surface area contributed by atoms with Crippen molar-refractivity contribution in [3.05, 3.63) is 76.1 Å². The Bertz CT molecular complexity index is 1650. The van der Waals surface area contributed by atoms with E-state index in [1.807, 2.05) is 0 Å². The monoisotopic (exact) mass is 580 g/mol. The van der Waals surface area contributed by atoms with Gasteiger partial charge in [0.05, 0.1) is 0 Å². The van der Waals surface area contributed by atoms with Crippen molar-refractivity contribution in [3.63, 3.8) is 0 Å². The number of hydrogen-bond acceptors (Lipinski definition) is 9. The Morgan fingerprint density at radius 1 is 1.10 bits per heavy atom. The zero-order chi connectivity index (χ0) is 29.7. The summed E-state index contributed by atoms with van der Waals surface area (Å²) < 4.78 is 4.19. The van der Waals surface area contributed by atoms with Crippen LogP contribution in [0.2, 0.25) is 0 Å². The normalized spacial score (nSPS) is 23.2. The first kappa shape index (κ1) is 27.7. The van der Waals surface area contributed by atoms with Gasteiger partial charge in [-0.1, -0.05) is 30.3 Å². The fraction of sp³-hybridized carbons (Fsp3) is 0.259. The Balaban J connectivity index is 1.47. The van der Waals surface area contributed by atoms with Crippen LogP contribution in [0.1, 0.15) is 35.8 Å². The molecule has 2 aromatic carbocycles. The highest BCUT2D eigenvalue weighted by molar-refractivity contribution is 8.02. The molecule has 0 radical (unpaired) electrons. The maximum Gasteiger partial charge on any atom is 0.349 e. The summed E-state index contributed by atoms with van der Waals surface area (Å²) in [5.41, 5.74) is -0.848. The van der Waals surface area contributed by atoms with Gasteiger partial charge in [-0.2, -0.15) is 0 Å². The molecule has 3 aromatic rings. The number of carbonyl (C=O) groups excluding carboxylic acids is 4. The Morgan fingerprint density at radius 3 is 2.44 bits per heavy atom. The summed E-state index contributed by atoms with van der Waals surface area (Å²) in [6.07, 6.45) is 0.310. The zero-order valence-corrected chi connectivity index (χ0v) is 22.4. The van der Waals surface area contributed by atoms with Crippen molar-refractivity contribution in [2.24, 2.45) is 0 Å². The SMILES string of the molecule is CC1(C)SC2(NC=O)[C@H](NC(=O)C(NC(=O)c3cc4ccccc4oc3=O)c3ccc(O)cc3)C(=O)N2[C@H]1C(=O)O. The third-order valence-corrected chi connectivity index (χ3v) is 8.62. The lowest BCUT2D eigenvalue weighted by atomic mass is 9.92. The van der Waals surface area contributed by atoms with E-state index in [4.69, 9.17) is 4.42 Å². The number of thioether (sulfide) groups is 1. The predicted octanol–water partition coefficient (Wildman–Crippen LogP) is 0.675. The van der Waals surface area contributed by atoms with Crippen LogP contribution < -0.4 is 21.6 Å². The van der Waals surface area contributed by atoms with Gasteiger partial charge in [-0.25, -0.2) is 9.59 Å².